The van der Waals surface area contributed by atoms with E-state index in [2.05, 4.69) is 10.1 Å². The summed E-state index contributed by atoms with van der Waals surface area (Å²) in [6, 6.07) is 1.79. The number of amidine groups is 1. The number of rotatable bonds is 3. The summed E-state index contributed by atoms with van der Waals surface area (Å²) >= 11 is 0. The maximum atomic E-state index is 7.70. The third-order valence-electron chi connectivity index (χ3n) is 3.22. The molecule has 0 unspecified atom stereocenters. The molecule has 0 saturated carbocycles. The SMILES string of the molecule is Cc1cc(Oc2c(C)nn(C)c2C)c(C(=N)N)c(C)n1. The highest BCUT2D eigenvalue weighted by atomic mass is 16.5. The van der Waals surface area contributed by atoms with Gasteiger partial charge in [0.2, 0.25) is 0 Å². The molecule has 0 atom stereocenters. The Morgan fingerprint density at radius 2 is 1.90 bits per heavy atom. The second-order valence-electron chi connectivity index (χ2n) is 4.86. The monoisotopic (exact) mass is 273 g/mol. The molecule has 0 bridgehead atoms. The number of nitrogen functional groups attached to an aromatic ring is 1. The van der Waals surface area contributed by atoms with Crippen molar-refractivity contribution in [2.45, 2.75) is 27.7 Å². The van der Waals surface area contributed by atoms with Crippen LogP contribution in [0.1, 0.15) is 28.3 Å². The first kappa shape index (κ1) is 14.0. The van der Waals surface area contributed by atoms with Crippen molar-refractivity contribution in [3.63, 3.8) is 0 Å². The molecule has 20 heavy (non-hydrogen) atoms. The standard InChI is InChI=1S/C14H19N5O/c1-7-6-11(12(14(15)16)8(2)17-7)20-13-9(3)18-19(5)10(13)4/h6H,1-5H3,(H3,15,16). The van der Waals surface area contributed by atoms with Crippen molar-refractivity contribution in [2.24, 2.45) is 12.8 Å². The molecule has 0 radical (unpaired) electrons. The Morgan fingerprint density at radius 1 is 1.25 bits per heavy atom. The van der Waals surface area contributed by atoms with Crippen LogP contribution in [0, 0.1) is 33.1 Å². The first-order valence-electron chi connectivity index (χ1n) is 6.32. The number of pyridine rings is 1. The average molecular weight is 273 g/mol. The molecule has 0 aliphatic rings. The summed E-state index contributed by atoms with van der Waals surface area (Å²) in [6.45, 7) is 7.52. The summed E-state index contributed by atoms with van der Waals surface area (Å²) in [5.41, 5.74) is 9.40. The van der Waals surface area contributed by atoms with Gasteiger partial charge in [0.15, 0.2) is 5.75 Å². The van der Waals surface area contributed by atoms with E-state index in [1.165, 1.54) is 0 Å². The summed E-state index contributed by atoms with van der Waals surface area (Å²) in [5, 5.41) is 12.0. The molecule has 6 heteroatoms. The van der Waals surface area contributed by atoms with Crippen LogP contribution in [-0.4, -0.2) is 20.6 Å². The molecular formula is C14H19N5O. The van der Waals surface area contributed by atoms with Gasteiger partial charge in [-0.15, -0.1) is 0 Å². The van der Waals surface area contributed by atoms with Gasteiger partial charge < -0.3 is 10.5 Å². The third kappa shape index (κ3) is 2.36. The predicted molar refractivity (Wildman–Crippen MR) is 77.5 cm³/mol. The lowest BCUT2D eigenvalue weighted by molar-refractivity contribution is 0.471. The molecule has 0 amide bonds. The van der Waals surface area contributed by atoms with Gasteiger partial charge in [0, 0.05) is 18.8 Å². The summed E-state index contributed by atoms with van der Waals surface area (Å²) in [6.07, 6.45) is 0. The number of aryl methyl sites for hydroxylation is 4. The van der Waals surface area contributed by atoms with Crippen LogP contribution in [-0.2, 0) is 7.05 Å². The van der Waals surface area contributed by atoms with Gasteiger partial charge in [-0.05, 0) is 27.7 Å². The smallest absolute Gasteiger partial charge is 0.171 e. The topological polar surface area (TPSA) is 89.8 Å². The zero-order valence-corrected chi connectivity index (χ0v) is 12.4. The van der Waals surface area contributed by atoms with E-state index in [0.29, 0.717) is 22.8 Å². The van der Waals surface area contributed by atoms with Crippen molar-refractivity contribution in [1.29, 1.82) is 5.41 Å². The fourth-order valence-electron chi connectivity index (χ4n) is 2.21. The molecule has 2 aromatic rings. The van der Waals surface area contributed by atoms with Gasteiger partial charge in [0.05, 0.1) is 17.0 Å². The Bertz CT molecular complexity index is 687. The van der Waals surface area contributed by atoms with E-state index in [4.69, 9.17) is 15.9 Å². The van der Waals surface area contributed by atoms with Gasteiger partial charge in [-0.25, -0.2) is 0 Å². The van der Waals surface area contributed by atoms with Crippen molar-refractivity contribution >= 4 is 5.84 Å². The summed E-state index contributed by atoms with van der Waals surface area (Å²) in [7, 11) is 1.87. The summed E-state index contributed by atoms with van der Waals surface area (Å²) in [5.74, 6) is 1.19. The minimum atomic E-state index is -0.0517. The maximum absolute atomic E-state index is 7.70. The van der Waals surface area contributed by atoms with E-state index < -0.39 is 0 Å². The molecule has 2 aromatic heterocycles. The first-order chi connectivity index (χ1) is 9.31. The van der Waals surface area contributed by atoms with E-state index in [1.807, 2.05) is 34.7 Å². The van der Waals surface area contributed by atoms with Gasteiger partial charge in [0.1, 0.15) is 17.3 Å². The zero-order chi connectivity index (χ0) is 15.0. The lowest BCUT2D eigenvalue weighted by Gasteiger charge is -2.13. The maximum Gasteiger partial charge on any atom is 0.171 e. The minimum Gasteiger partial charge on any atom is -0.453 e. The van der Waals surface area contributed by atoms with Crippen molar-refractivity contribution in [2.75, 3.05) is 0 Å². The normalized spacial score (nSPS) is 10.7. The van der Waals surface area contributed by atoms with Crippen LogP contribution in [0.5, 0.6) is 11.5 Å². The van der Waals surface area contributed by atoms with Crippen LogP contribution in [0.2, 0.25) is 0 Å². The fraction of sp³-hybridized carbons (Fsp3) is 0.357. The number of nitrogens with two attached hydrogens (primary N) is 1. The lowest BCUT2D eigenvalue weighted by Crippen LogP contribution is -2.15. The van der Waals surface area contributed by atoms with Crippen LogP contribution >= 0.6 is 0 Å². The van der Waals surface area contributed by atoms with Gasteiger partial charge >= 0.3 is 0 Å². The van der Waals surface area contributed by atoms with E-state index >= 15 is 0 Å². The van der Waals surface area contributed by atoms with Gasteiger partial charge in [0.25, 0.3) is 0 Å². The molecule has 0 spiro atoms. The summed E-state index contributed by atoms with van der Waals surface area (Å²) in [4.78, 5) is 4.33. The van der Waals surface area contributed by atoms with Crippen molar-refractivity contribution < 1.29 is 4.74 Å². The highest BCUT2D eigenvalue weighted by molar-refractivity contribution is 5.98. The molecular weight excluding hydrogens is 254 g/mol. The molecule has 0 aliphatic carbocycles. The molecule has 0 aliphatic heterocycles. The van der Waals surface area contributed by atoms with Gasteiger partial charge in [-0.2, -0.15) is 5.10 Å². The number of ether oxygens (including phenoxy) is 1. The van der Waals surface area contributed by atoms with Crippen molar-refractivity contribution in [1.82, 2.24) is 14.8 Å². The predicted octanol–water partition coefficient (Wildman–Crippen LogP) is 2.13. The van der Waals surface area contributed by atoms with Crippen molar-refractivity contribution in [3.05, 3.63) is 34.4 Å². The molecule has 3 N–H and O–H groups in total. The minimum absolute atomic E-state index is 0.0517. The van der Waals surface area contributed by atoms with Crippen LogP contribution in [0.25, 0.3) is 0 Å². The molecule has 0 saturated heterocycles. The van der Waals surface area contributed by atoms with Gasteiger partial charge in [-0.3, -0.25) is 15.1 Å². The number of nitrogens with one attached hydrogen (secondary N) is 1. The van der Waals surface area contributed by atoms with Crippen LogP contribution < -0.4 is 10.5 Å². The third-order valence-corrected chi connectivity index (χ3v) is 3.22. The van der Waals surface area contributed by atoms with Crippen molar-refractivity contribution in [3.8, 4) is 11.5 Å². The molecule has 2 rings (SSSR count). The Hall–Kier alpha value is -2.37. The number of hydrogen-bond donors (Lipinski definition) is 2. The Labute approximate surface area is 118 Å². The van der Waals surface area contributed by atoms with E-state index in [0.717, 1.165) is 17.1 Å². The van der Waals surface area contributed by atoms with Crippen LogP contribution in [0.15, 0.2) is 6.07 Å². The quantitative estimate of drug-likeness (QED) is 0.662. The first-order valence-corrected chi connectivity index (χ1v) is 6.32. The van der Waals surface area contributed by atoms with Gasteiger partial charge in [-0.1, -0.05) is 0 Å². The second-order valence-corrected chi connectivity index (χ2v) is 4.86. The largest absolute Gasteiger partial charge is 0.453 e. The molecule has 0 fully saturated rings. The number of aromatic nitrogens is 3. The van der Waals surface area contributed by atoms with E-state index in [9.17, 15) is 0 Å². The van der Waals surface area contributed by atoms with Crippen LogP contribution in [0.4, 0.5) is 0 Å². The zero-order valence-electron chi connectivity index (χ0n) is 12.4. The summed E-state index contributed by atoms with van der Waals surface area (Å²) < 4.78 is 7.73. The Morgan fingerprint density at radius 3 is 2.40 bits per heavy atom. The van der Waals surface area contributed by atoms with Crippen LogP contribution in [0.3, 0.4) is 0 Å². The molecule has 6 nitrogen and oxygen atoms in total. The molecule has 0 aromatic carbocycles. The highest BCUT2D eigenvalue weighted by Crippen LogP contribution is 2.31. The Kier molecular flexibility index (Phi) is 3.48. The number of hydrogen-bond acceptors (Lipinski definition) is 4. The second kappa shape index (κ2) is 4.96. The number of nitrogens with zero attached hydrogens (tertiary/aromatic N) is 3. The lowest BCUT2D eigenvalue weighted by atomic mass is 10.1. The Balaban J connectivity index is 2.56. The highest BCUT2D eigenvalue weighted by Gasteiger charge is 2.17. The molecule has 2 heterocycles. The fourth-order valence-corrected chi connectivity index (χ4v) is 2.21. The molecule has 106 valence electrons. The van der Waals surface area contributed by atoms with E-state index in [1.54, 1.807) is 10.7 Å². The average Bonchev–Trinajstić information content (AvgIpc) is 2.54. The van der Waals surface area contributed by atoms with E-state index in [-0.39, 0.29) is 5.84 Å².